The third kappa shape index (κ3) is 1.67. The van der Waals surface area contributed by atoms with Gasteiger partial charge in [0.2, 0.25) is 0 Å². The molecule has 6 heteroatoms. The zero-order chi connectivity index (χ0) is 12.0. The molecule has 0 fully saturated rings. The van der Waals surface area contributed by atoms with Gasteiger partial charge in [-0.25, -0.2) is 9.37 Å². The number of nitrogens with two attached hydrogens (primary N) is 1. The van der Waals surface area contributed by atoms with Crippen LogP contribution in [0.3, 0.4) is 0 Å². The van der Waals surface area contributed by atoms with Crippen LogP contribution < -0.4 is 5.73 Å². The van der Waals surface area contributed by atoms with Crippen LogP contribution in [0.15, 0.2) is 29.8 Å². The Hall–Kier alpha value is -1.59. The maximum absolute atomic E-state index is 13.1. The molecule has 0 radical (unpaired) electrons. The second-order valence-corrected chi connectivity index (χ2v) is 4.81. The summed E-state index contributed by atoms with van der Waals surface area (Å²) in [5.41, 5.74) is 7.36. The first kappa shape index (κ1) is 10.6. The lowest BCUT2D eigenvalue weighted by Gasteiger charge is -2.01. The molecule has 0 aliphatic rings. The second-order valence-electron chi connectivity index (χ2n) is 3.57. The SMILES string of the molecule is Nc1cn2c(-c3ccc(F)c(Cl)c3)csc2n1. The Morgan fingerprint density at radius 3 is 3.00 bits per heavy atom. The molecule has 1 aromatic carbocycles. The quantitative estimate of drug-likeness (QED) is 0.734. The van der Waals surface area contributed by atoms with Crippen LogP contribution in [-0.4, -0.2) is 9.38 Å². The number of benzene rings is 1. The van der Waals surface area contributed by atoms with E-state index in [1.165, 1.54) is 17.4 Å². The fourth-order valence-corrected chi connectivity index (χ4v) is 2.73. The van der Waals surface area contributed by atoms with Gasteiger partial charge in [-0.2, -0.15) is 0 Å². The average molecular weight is 268 g/mol. The summed E-state index contributed by atoms with van der Waals surface area (Å²) in [7, 11) is 0. The minimum absolute atomic E-state index is 0.106. The van der Waals surface area contributed by atoms with Crippen LogP contribution in [0, 0.1) is 5.82 Å². The molecule has 2 aromatic heterocycles. The smallest absolute Gasteiger partial charge is 0.196 e. The lowest BCUT2D eigenvalue weighted by molar-refractivity contribution is 0.628. The number of hydrogen-bond donors (Lipinski definition) is 1. The van der Waals surface area contributed by atoms with E-state index in [-0.39, 0.29) is 5.02 Å². The number of aromatic nitrogens is 2. The fourth-order valence-electron chi connectivity index (χ4n) is 1.66. The molecule has 2 N–H and O–H groups in total. The highest BCUT2D eigenvalue weighted by Gasteiger charge is 2.10. The molecule has 86 valence electrons. The number of anilines is 1. The number of halogens is 2. The number of nitrogen functional groups attached to an aromatic ring is 1. The van der Waals surface area contributed by atoms with E-state index in [1.54, 1.807) is 18.3 Å². The number of fused-ring (bicyclic) bond motifs is 1. The van der Waals surface area contributed by atoms with Gasteiger partial charge in [-0.1, -0.05) is 11.6 Å². The van der Waals surface area contributed by atoms with Crippen LogP contribution in [0.5, 0.6) is 0 Å². The van der Waals surface area contributed by atoms with Crippen LogP contribution in [0.1, 0.15) is 0 Å². The summed E-state index contributed by atoms with van der Waals surface area (Å²) in [6, 6.07) is 4.62. The molecule has 0 aliphatic carbocycles. The number of nitrogens with zero attached hydrogens (tertiary/aromatic N) is 2. The van der Waals surface area contributed by atoms with Gasteiger partial charge in [-0.3, -0.25) is 4.40 Å². The monoisotopic (exact) mass is 267 g/mol. The zero-order valence-corrected chi connectivity index (χ0v) is 10.1. The third-order valence-corrected chi connectivity index (χ3v) is 3.57. The molecule has 0 aliphatic heterocycles. The van der Waals surface area contributed by atoms with Crippen LogP contribution >= 0.6 is 22.9 Å². The van der Waals surface area contributed by atoms with Gasteiger partial charge in [0.05, 0.1) is 16.9 Å². The maximum atomic E-state index is 13.1. The van der Waals surface area contributed by atoms with E-state index in [9.17, 15) is 4.39 Å². The van der Waals surface area contributed by atoms with Gasteiger partial charge < -0.3 is 5.73 Å². The van der Waals surface area contributed by atoms with Crippen LogP contribution in [-0.2, 0) is 0 Å². The molecule has 0 amide bonds. The summed E-state index contributed by atoms with van der Waals surface area (Å²) in [5, 5.41) is 2.04. The van der Waals surface area contributed by atoms with Crippen molar-refractivity contribution in [3.05, 3.63) is 40.6 Å². The van der Waals surface area contributed by atoms with Crippen LogP contribution in [0.4, 0.5) is 10.2 Å². The van der Waals surface area contributed by atoms with Gasteiger partial charge in [-0.05, 0) is 18.2 Å². The predicted molar refractivity (Wildman–Crippen MR) is 67.9 cm³/mol. The Kier molecular flexibility index (Phi) is 2.31. The van der Waals surface area contributed by atoms with Crippen molar-refractivity contribution in [2.75, 3.05) is 5.73 Å². The van der Waals surface area contributed by atoms with Crippen molar-refractivity contribution in [3.63, 3.8) is 0 Å². The summed E-state index contributed by atoms with van der Waals surface area (Å²) in [5.74, 6) is 0.0401. The average Bonchev–Trinajstić information content (AvgIpc) is 2.81. The second kappa shape index (κ2) is 3.72. The summed E-state index contributed by atoms with van der Waals surface area (Å²) >= 11 is 7.24. The zero-order valence-electron chi connectivity index (χ0n) is 8.52. The van der Waals surface area contributed by atoms with Gasteiger partial charge in [0, 0.05) is 10.9 Å². The van der Waals surface area contributed by atoms with Gasteiger partial charge >= 0.3 is 0 Å². The van der Waals surface area contributed by atoms with Gasteiger partial charge in [0.1, 0.15) is 11.6 Å². The highest BCUT2D eigenvalue weighted by Crippen LogP contribution is 2.29. The first-order valence-electron chi connectivity index (χ1n) is 4.82. The Morgan fingerprint density at radius 1 is 1.41 bits per heavy atom. The summed E-state index contributed by atoms with van der Waals surface area (Å²) in [4.78, 5) is 4.96. The summed E-state index contributed by atoms with van der Waals surface area (Å²) in [6.07, 6.45) is 1.73. The summed E-state index contributed by atoms with van der Waals surface area (Å²) in [6.45, 7) is 0. The molecular weight excluding hydrogens is 261 g/mol. The first-order valence-corrected chi connectivity index (χ1v) is 6.08. The van der Waals surface area contributed by atoms with E-state index < -0.39 is 5.82 Å². The molecule has 3 rings (SSSR count). The van der Waals surface area contributed by atoms with Crippen LogP contribution in [0.25, 0.3) is 16.2 Å². The highest BCUT2D eigenvalue weighted by molar-refractivity contribution is 7.15. The minimum Gasteiger partial charge on any atom is -0.382 e. The number of hydrogen-bond acceptors (Lipinski definition) is 3. The van der Waals surface area contributed by atoms with E-state index in [0.29, 0.717) is 5.82 Å². The van der Waals surface area contributed by atoms with Crippen molar-refractivity contribution in [3.8, 4) is 11.3 Å². The minimum atomic E-state index is -0.424. The predicted octanol–water partition coefficient (Wildman–Crippen LogP) is 3.44. The molecule has 0 atom stereocenters. The molecule has 0 bridgehead atoms. The van der Waals surface area contributed by atoms with E-state index in [0.717, 1.165) is 16.2 Å². The standard InChI is InChI=1S/C11H7ClFN3S/c12-7-3-6(1-2-8(7)13)9-5-17-11-15-10(14)4-16(9)11/h1-5H,14H2. The number of rotatable bonds is 1. The van der Waals surface area contributed by atoms with Gasteiger partial charge in [0.15, 0.2) is 4.96 Å². The Labute approximate surface area is 105 Å². The van der Waals surface area contributed by atoms with Crippen molar-refractivity contribution in [2.24, 2.45) is 0 Å². The number of thiazole rings is 1. The van der Waals surface area contributed by atoms with E-state index in [1.807, 2.05) is 9.78 Å². The summed E-state index contributed by atoms with van der Waals surface area (Å²) < 4.78 is 15.0. The molecule has 3 aromatic rings. The van der Waals surface area contributed by atoms with E-state index in [2.05, 4.69) is 4.98 Å². The van der Waals surface area contributed by atoms with Crippen molar-refractivity contribution in [1.82, 2.24) is 9.38 Å². The molecular formula is C11H7ClFN3S. The van der Waals surface area contributed by atoms with E-state index in [4.69, 9.17) is 17.3 Å². The first-order chi connectivity index (χ1) is 8.15. The van der Waals surface area contributed by atoms with Crippen LogP contribution in [0.2, 0.25) is 5.02 Å². The Morgan fingerprint density at radius 2 is 2.24 bits per heavy atom. The van der Waals surface area contributed by atoms with Crippen molar-refractivity contribution < 1.29 is 4.39 Å². The maximum Gasteiger partial charge on any atom is 0.196 e. The highest BCUT2D eigenvalue weighted by atomic mass is 35.5. The lowest BCUT2D eigenvalue weighted by Crippen LogP contribution is -1.86. The normalized spacial score (nSPS) is 11.2. The van der Waals surface area contributed by atoms with Crippen molar-refractivity contribution in [2.45, 2.75) is 0 Å². The molecule has 3 nitrogen and oxygen atoms in total. The molecule has 0 spiro atoms. The third-order valence-electron chi connectivity index (χ3n) is 2.44. The Bertz CT molecular complexity index is 704. The van der Waals surface area contributed by atoms with Crippen molar-refractivity contribution >= 4 is 33.7 Å². The number of imidazole rings is 1. The molecule has 0 unspecified atom stereocenters. The molecule has 17 heavy (non-hydrogen) atoms. The largest absolute Gasteiger partial charge is 0.382 e. The van der Waals surface area contributed by atoms with E-state index >= 15 is 0 Å². The lowest BCUT2D eigenvalue weighted by atomic mass is 10.2. The van der Waals surface area contributed by atoms with Crippen molar-refractivity contribution in [1.29, 1.82) is 0 Å². The molecule has 2 heterocycles. The molecule has 0 saturated heterocycles. The topological polar surface area (TPSA) is 43.3 Å². The molecule has 0 saturated carbocycles. The Balaban J connectivity index is 2.22. The van der Waals surface area contributed by atoms with Gasteiger partial charge in [-0.15, -0.1) is 11.3 Å². The fraction of sp³-hybridized carbons (Fsp3) is 0. The van der Waals surface area contributed by atoms with Gasteiger partial charge in [0.25, 0.3) is 0 Å².